The summed E-state index contributed by atoms with van der Waals surface area (Å²) < 4.78 is 15.2. The Balaban J connectivity index is 0.000000174. The number of fused-ring (bicyclic) bond motifs is 14. The van der Waals surface area contributed by atoms with E-state index in [0.717, 1.165) is 6.54 Å². The standard InChI is InChI=1S/C29H26N2.C26H18N2.CH4.Al.B.HN.H6P4/c1-3-20(2)19-30-25-15-9-7-13-22(25)23-17-18-27-28(29(23)30)24-14-8-10-16-26(24)31(27)21-11-5-4-6-12-21;1-2-27-22-14-8-6-12-19(22)20-16-17-24-25(26(20)27)21-13-7-9-15-23(21)28(24)18-10-4-3-5-11-18;;;;;1-4(2)3/h4-18,20H,3,19H2,1-2H3;2-17H,1H2;1H4;;;1H;1-3H2. The second kappa shape index (κ2) is 21.8. The molecule has 67 heavy (non-hydrogen) atoms. The maximum absolute atomic E-state index is 5.67. The predicted octanol–water partition coefficient (Wildman–Crippen LogP) is 16.9. The van der Waals surface area contributed by atoms with Gasteiger partial charge in [-0.3, -0.25) is 0 Å². The van der Waals surface area contributed by atoms with Crippen LogP contribution in [0.4, 0.5) is 0 Å². The minimum absolute atomic E-state index is 0. The van der Waals surface area contributed by atoms with Gasteiger partial charge in [-0.05, 0) is 73.6 Å². The van der Waals surface area contributed by atoms with Crippen molar-refractivity contribution in [1.82, 2.24) is 18.3 Å². The van der Waals surface area contributed by atoms with E-state index in [-0.39, 0.29) is 22.8 Å². The molecule has 0 saturated heterocycles. The van der Waals surface area contributed by atoms with Crippen molar-refractivity contribution in [3.05, 3.63) is 189 Å². The summed E-state index contributed by atoms with van der Waals surface area (Å²) in [7, 11) is 7.94. The third-order valence-corrected chi connectivity index (χ3v) is 12.5. The molecular formula is C56H55AlBN5P4. The van der Waals surface area contributed by atoms with E-state index in [1.807, 2.05) is 6.20 Å². The molecule has 4 heterocycles. The summed E-state index contributed by atoms with van der Waals surface area (Å²) in [6.45, 7) is 9.92. The molecule has 4 aromatic heterocycles. The average molecular weight is 960 g/mol. The molecule has 1 N–H and O–H groups in total. The summed E-state index contributed by atoms with van der Waals surface area (Å²) in [5.74, 6) is 0.622. The van der Waals surface area contributed by atoms with Crippen LogP contribution in [0.3, 0.4) is 0 Å². The molecule has 0 bridgehead atoms. The summed E-state index contributed by atoms with van der Waals surface area (Å²) in [4.78, 5) is 0. The van der Waals surface area contributed by atoms with Gasteiger partial charge < -0.3 is 18.3 Å². The van der Waals surface area contributed by atoms with Gasteiger partial charge in [-0.1, -0.05) is 156 Å². The predicted molar refractivity (Wildman–Crippen MR) is 310 cm³/mol. The van der Waals surface area contributed by atoms with Crippen molar-refractivity contribution in [3.63, 3.8) is 0 Å². The summed E-state index contributed by atoms with van der Waals surface area (Å²) >= 11 is 1.67. The van der Waals surface area contributed by atoms with Crippen molar-refractivity contribution in [2.24, 2.45) is 5.92 Å². The molecule has 0 fully saturated rings. The summed E-state index contributed by atoms with van der Waals surface area (Å²) in [5, 5.41) is 10.4. The van der Waals surface area contributed by atoms with Gasteiger partial charge in [0.2, 0.25) is 0 Å². The van der Waals surface area contributed by atoms with Gasteiger partial charge in [0.15, 0.2) is 0 Å². The second-order valence-electron chi connectivity index (χ2n) is 16.2. The molecule has 12 aromatic rings. The summed E-state index contributed by atoms with van der Waals surface area (Å²) in [6, 6.07) is 65.4. The Bertz CT molecular complexity index is 3650. The molecule has 330 valence electrons. The Morgan fingerprint density at radius 2 is 0.881 bits per heavy atom. The first-order valence-electron chi connectivity index (χ1n) is 21.8. The van der Waals surface area contributed by atoms with Gasteiger partial charge in [0, 0.05) is 81.1 Å². The molecule has 12 rings (SSSR count). The molecule has 0 amide bonds. The van der Waals surface area contributed by atoms with Crippen molar-refractivity contribution in [1.29, 1.82) is 4.35 Å². The van der Waals surface area contributed by atoms with Crippen LogP contribution in [0.5, 0.6) is 0 Å². The van der Waals surface area contributed by atoms with Crippen molar-refractivity contribution < 1.29 is 0 Å². The van der Waals surface area contributed by atoms with Crippen LogP contribution in [0, 0.1) is 10.3 Å². The van der Waals surface area contributed by atoms with Crippen molar-refractivity contribution >= 4 is 152 Å². The molecule has 11 heteroatoms. The molecule has 4 radical (unpaired) electrons. The first-order chi connectivity index (χ1) is 31.9. The van der Waals surface area contributed by atoms with Crippen LogP contribution in [0.25, 0.3) is 105 Å². The number of para-hydroxylation sites is 6. The number of hydrogen-bond acceptors (Lipinski definition) is 1. The van der Waals surface area contributed by atoms with Crippen LogP contribution < -0.4 is 0 Å². The molecule has 4 atom stereocenters. The zero-order valence-corrected chi connectivity index (χ0v) is 42.7. The topological polar surface area (TPSA) is 43.6 Å². The zero-order chi connectivity index (χ0) is 45.2. The summed E-state index contributed by atoms with van der Waals surface area (Å²) in [6.07, 6.45) is 3.11. The van der Waals surface area contributed by atoms with Crippen LogP contribution in [0.1, 0.15) is 27.7 Å². The van der Waals surface area contributed by atoms with E-state index in [2.05, 4.69) is 247 Å². The van der Waals surface area contributed by atoms with Crippen molar-refractivity contribution in [2.75, 3.05) is 0 Å². The van der Waals surface area contributed by atoms with Crippen LogP contribution in [0.15, 0.2) is 189 Å². The number of aromatic nitrogens is 4. The van der Waals surface area contributed by atoms with E-state index in [1.54, 1.807) is 16.1 Å². The number of rotatable bonds is 6. The molecule has 0 saturated carbocycles. The van der Waals surface area contributed by atoms with Gasteiger partial charge in [-0.2, -0.15) is 0 Å². The quantitative estimate of drug-likeness (QED) is 0.127. The normalized spacial score (nSPS) is 11.5. The second-order valence-corrected chi connectivity index (χ2v) is 27.9. The maximum atomic E-state index is 5.67. The van der Waals surface area contributed by atoms with Gasteiger partial charge in [-0.25, -0.2) is 0 Å². The Kier molecular flexibility index (Phi) is 16.2. The molecule has 0 spiro atoms. The van der Waals surface area contributed by atoms with E-state index < -0.39 is 0 Å². The molecule has 4 unspecified atom stereocenters. The number of nitrogens with zero attached hydrogens (tertiary/aromatic N) is 4. The van der Waals surface area contributed by atoms with Crippen LogP contribution in [-0.4, -0.2) is 42.8 Å². The fourth-order valence-corrected chi connectivity index (χ4v) is 9.67. The monoisotopic (exact) mass is 959 g/mol. The van der Waals surface area contributed by atoms with E-state index in [0.29, 0.717) is 5.92 Å². The Morgan fingerprint density at radius 3 is 1.34 bits per heavy atom. The van der Waals surface area contributed by atoms with Crippen LogP contribution in [-0.2, 0) is 6.54 Å². The van der Waals surface area contributed by atoms with E-state index >= 15 is 0 Å². The molecule has 8 aromatic carbocycles. The fraction of sp³-hybridized carbons (Fsp3) is 0.107. The number of hydrogen-bond donors (Lipinski definition) is 1. The first kappa shape index (κ1) is 49.7. The zero-order valence-electron chi connectivity index (χ0n) is 37.2. The van der Waals surface area contributed by atoms with Crippen LogP contribution >= 0.6 is 33.8 Å². The Hall–Kier alpha value is -5.18. The third kappa shape index (κ3) is 9.01. The molecule has 0 aliphatic carbocycles. The number of benzene rings is 8. The van der Waals surface area contributed by atoms with E-state index in [9.17, 15) is 0 Å². The third-order valence-electron chi connectivity index (χ3n) is 12.5. The molecular weight excluding hydrogens is 904 g/mol. The van der Waals surface area contributed by atoms with Crippen molar-refractivity contribution in [3.8, 4) is 11.4 Å². The van der Waals surface area contributed by atoms with Gasteiger partial charge >= 0.3 is 20.4 Å². The Labute approximate surface area is 411 Å². The van der Waals surface area contributed by atoms with Gasteiger partial charge in [0.25, 0.3) is 0 Å². The first-order valence-corrected chi connectivity index (χ1v) is 28.6. The molecule has 0 aliphatic rings. The van der Waals surface area contributed by atoms with Gasteiger partial charge in [-0.15, -0.1) is 26.8 Å². The fourth-order valence-electron chi connectivity index (χ4n) is 9.67. The molecule has 5 nitrogen and oxygen atoms in total. The average Bonchev–Trinajstić information content (AvgIpc) is 4.07. The van der Waals surface area contributed by atoms with Gasteiger partial charge in [0.1, 0.15) is 0 Å². The van der Waals surface area contributed by atoms with E-state index in [1.165, 1.54) is 105 Å². The van der Waals surface area contributed by atoms with Crippen molar-refractivity contribution in [2.45, 2.75) is 34.2 Å². The van der Waals surface area contributed by atoms with Crippen LogP contribution in [0.2, 0.25) is 0 Å². The Morgan fingerprint density at radius 1 is 0.507 bits per heavy atom. The SMILES string of the molecule is C.C=Cn1c2ccccc2c2ccc3c(c4ccccc4n3-c3ccccc3)c21.CCC(C)Cn1c2ccccc2c2ccc3c(c4ccccc4n3-c3ccccc3)c21.PP(P)P.[B].[NH]=[Al]. The molecule has 0 aliphatic heterocycles. The minimum atomic E-state index is 0. The number of nitrogens with one attached hydrogen (secondary N) is 1. The van der Waals surface area contributed by atoms with E-state index in [4.69, 9.17) is 4.35 Å². The summed E-state index contributed by atoms with van der Waals surface area (Å²) in [5.41, 5.74) is 12.5. The van der Waals surface area contributed by atoms with Gasteiger partial charge in [0.05, 0.1) is 38.6 Å².